The molecule has 1 aromatic rings. The van der Waals surface area contributed by atoms with Crippen molar-refractivity contribution in [1.29, 1.82) is 0 Å². The van der Waals surface area contributed by atoms with Crippen molar-refractivity contribution < 1.29 is 14.3 Å². The van der Waals surface area contributed by atoms with E-state index in [1.807, 2.05) is 18.2 Å². The second-order valence-corrected chi connectivity index (χ2v) is 6.66. The molecule has 1 fully saturated rings. The molecule has 1 unspecified atom stereocenters. The maximum absolute atomic E-state index is 12.8. The van der Waals surface area contributed by atoms with Crippen molar-refractivity contribution in [3.63, 3.8) is 0 Å². The van der Waals surface area contributed by atoms with E-state index in [0.717, 1.165) is 19.3 Å². The zero-order valence-corrected chi connectivity index (χ0v) is 13.2. The van der Waals surface area contributed by atoms with Gasteiger partial charge in [-0.2, -0.15) is 0 Å². The number of rotatable bonds is 4. The number of hydrogen-bond acceptors (Lipinski definition) is 3. The Hall–Kier alpha value is -1.16. The van der Waals surface area contributed by atoms with Gasteiger partial charge in [0.15, 0.2) is 5.60 Å². The maximum atomic E-state index is 12.8. The van der Waals surface area contributed by atoms with Gasteiger partial charge in [-0.1, -0.05) is 52.7 Å². The molecule has 2 rings (SSSR count). The zero-order valence-electron chi connectivity index (χ0n) is 11.6. The van der Waals surface area contributed by atoms with Gasteiger partial charge in [-0.05, 0) is 32.6 Å². The third kappa shape index (κ3) is 3.29. The van der Waals surface area contributed by atoms with Crippen LogP contribution in [-0.2, 0) is 9.53 Å². The first kappa shape index (κ1) is 15.2. The first-order valence-corrected chi connectivity index (χ1v) is 7.93. The lowest BCUT2D eigenvalue weighted by Gasteiger charge is -2.35. The van der Waals surface area contributed by atoms with Crippen LogP contribution in [0.3, 0.4) is 0 Å². The lowest BCUT2D eigenvalue weighted by molar-refractivity contribution is -0.156. The normalized spacial score (nSPS) is 19.1. The number of ether oxygens (including phenoxy) is 1. The number of ketones is 1. The van der Waals surface area contributed by atoms with Crippen LogP contribution in [0.15, 0.2) is 30.3 Å². The van der Waals surface area contributed by atoms with E-state index in [4.69, 9.17) is 4.74 Å². The Bertz CT molecular complexity index is 476. The Kier molecular flexibility index (Phi) is 4.97. The topological polar surface area (TPSA) is 43.4 Å². The summed E-state index contributed by atoms with van der Waals surface area (Å²) in [7, 11) is 0. The number of esters is 1. The van der Waals surface area contributed by atoms with Gasteiger partial charge in [-0.15, -0.1) is 0 Å². The summed E-state index contributed by atoms with van der Waals surface area (Å²) in [6, 6.07) is 9.10. The molecular formula is C16H19BrO3. The Morgan fingerprint density at radius 3 is 2.30 bits per heavy atom. The SMILES string of the molecule is CC(Br)C(=O)OC1(C(=O)c2ccccc2)CCCCC1. The van der Waals surface area contributed by atoms with Crippen LogP contribution < -0.4 is 0 Å². The molecule has 0 amide bonds. The van der Waals surface area contributed by atoms with E-state index >= 15 is 0 Å². The molecule has 0 heterocycles. The molecule has 108 valence electrons. The predicted molar refractivity (Wildman–Crippen MR) is 81.1 cm³/mol. The van der Waals surface area contributed by atoms with Crippen molar-refractivity contribution >= 4 is 27.7 Å². The summed E-state index contributed by atoms with van der Waals surface area (Å²) in [5.41, 5.74) is -0.358. The van der Waals surface area contributed by atoms with E-state index in [1.54, 1.807) is 19.1 Å². The van der Waals surface area contributed by atoms with Gasteiger partial charge in [0.2, 0.25) is 5.78 Å². The largest absolute Gasteiger partial charge is 0.450 e. The van der Waals surface area contributed by atoms with E-state index in [1.165, 1.54) is 0 Å². The summed E-state index contributed by atoms with van der Waals surface area (Å²) in [5.74, 6) is -0.435. The maximum Gasteiger partial charge on any atom is 0.320 e. The molecule has 20 heavy (non-hydrogen) atoms. The van der Waals surface area contributed by atoms with Gasteiger partial charge in [-0.3, -0.25) is 9.59 Å². The molecule has 1 atom stereocenters. The second kappa shape index (κ2) is 6.53. The standard InChI is InChI=1S/C16H19BrO3/c1-12(17)15(19)20-16(10-6-3-7-11-16)14(18)13-8-4-2-5-9-13/h2,4-5,8-9,12H,3,6-7,10-11H2,1H3. The van der Waals surface area contributed by atoms with Gasteiger partial charge in [-0.25, -0.2) is 0 Å². The summed E-state index contributed by atoms with van der Waals surface area (Å²) in [4.78, 5) is 24.3. The Labute approximate surface area is 127 Å². The van der Waals surface area contributed by atoms with Crippen LogP contribution >= 0.6 is 15.9 Å². The molecule has 0 bridgehead atoms. The lowest BCUT2D eigenvalue weighted by Crippen LogP contribution is -2.46. The first-order chi connectivity index (χ1) is 9.55. The molecule has 0 aliphatic heterocycles. The van der Waals surface area contributed by atoms with Crippen LogP contribution in [-0.4, -0.2) is 22.2 Å². The predicted octanol–water partition coefficient (Wildman–Crippen LogP) is 3.90. The molecule has 1 aromatic carbocycles. The number of benzene rings is 1. The van der Waals surface area contributed by atoms with Crippen molar-refractivity contribution in [2.75, 3.05) is 0 Å². The molecule has 0 radical (unpaired) electrons. The molecule has 1 saturated carbocycles. The fraction of sp³-hybridized carbons (Fsp3) is 0.500. The summed E-state index contributed by atoms with van der Waals surface area (Å²) < 4.78 is 5.62. The van der Waals surface area contributed by atoms with Gasteiger partial charge < -0.3 is 4.74 Å². The van der Waals surface area contributed by atoms with E-state index in [9.17, 15) is 9.59 Å². The molecule has 3 nitrogen and oxygen atoms in total. The highest BCUT2D eigenvalue weighted by Crippen LogP contribution is 2.35. The average Bonchev–Trinajstić information content (AvgIpc) is 2.48. The monoisotopic (exact) mass is 338 g/mol. The minimum absolute atomic E-state index is 0.0701. The van der Waals surface area contributed by atoms with Crippen molar-refractivity contribution in [3.8, 4) is 0 Å². The van der Waals surface area contributed by atoms with Crippen LogP contribution in [0.4, 0.5) is 0 Å². The fourth-order valence-corrected chi connectivity index (χ4v) is 2.72. The highest BCUT2D eigenvalue weighted by Gasteiger charge is 2.43. The third-order valence-corrected chi connectivity index (χ3v) is 4.11. The molecule has 0 saturated heterocycles. The van der Waals surface area contributed by atoms with E-state index < -0.39 is 10.4 Å². The van der Waals surface area contributed by atoms with Gasteiger partial charge in [0.1, 0.15) is 4.83 Å². The molecule has 4 heteroatoms. The van der Waals surface area contributed by atoms with Gasteiger partial charge in [0, 0.05) is 5.56 Å². The molecule has 0 spiro atoms. The van der Waals surface area contributed by atoms with Crippen molar-refractivity contribution in [1.82, 2.24) is 0 Å². The minimum atomic E-state index is -0.973. The van der Waals surface area contributed by atoms with Gasteiger partial charge in [0.25, 0.3) is 0 Å². The van der Waals surface area contributed by atoms with Gasteiger partial charge >= 0.3 is 5.97 Å². The van der Waals surface area contributed by atoms with E-state index in [-0.39, 0.29) is 11.8 Å². The van der Waals surface area contributed by atoms with Crippen LogP contribution in [0.2, 0.25) is 0 Å². The van der Waals surface area contributed by atoms with E-state index in [2.05, 4.69) is 15.9 Å². The highest BCUT2D eigenvalue weighted by atomic mass is 79.9. The van der Waals surface area contributed by atoms with Crippen molar-refractivity contribution in [2.45, 2.75) is 49.5 Å². The molecule has 1 aliphatic carbocycles. The second-order valence-electron chi connectivity index (χ2n) is 5.29. The first-order valence-electron chi connectivity index (χ1n) is 7.02. The van der Waals surface area contributed by atoms with Crippen LogP contribution in [0.5, 0.6) is 0 Å². The van der Waals surface area contributed by atoms with E-state index in [0.29, 0.717) is 18.4 Å². The summed E-state index contributed by atoms with van der Waals surface area (Å²) >= 11 is 3.21. The quantitative estimate of drug-likeness (QED) is 0.475. The molecular weight excluding hydrogens is 320 g/mol. The number of hydrogen-bond donors (Lipinski definition) is 0. The summed E-state index contributed by atoms with van der Waals surface area (Å²) in [5, 5.41) is 0. The summed E-state index contributed by atoms with van der Waals surface area (Å²) in [6.07, 6.45) is 4.16. The van der Waals surface area contributed by atoms with Crippen LogP contribution in [0.1, 0.15) is 49.4 Å². The molecule has 1 aliphatic rings. The zero-order chi connectivity index (χ0) is 14.6. The Morgan fingerprint density at radius 2 is 1.75 bits per heavy atom. The van der Waals surface area contributed by atoms with Crippen molar-refractivity contribution in [3.05, 3.63) is 35.9 Å². The number of halogens is 1. The smallest absolute Gasteiger partial charge is 0.320 e. The number of alkyl halides is 1. The molecule has 0 N–H and O–H groups in total. The number of carbonyl (C=O) groups is 2. The van der Waals surface area contributed by atoms with Crippen LogP contribution in [0, 0.1) is 0 Å². The number of Topliss-reactive ketones (excluding diaryl/α,β-unsaturated/α-hetero) is 1. The Morgan fingerprint density at radius 1 is 1.15 bits per heavy atom. The highest BCUT2D eigenvalue weighted by molar-refractivity contribution is 9.10. The number of carbonyl (C=O) groups excluding carboxylic acids is 2. The minimum Gasteiger partial charge on any atom is -0.450 e. The average molecular weight is 339 g/mol. The Balaban J connectivity index is 2.27. The lowest BCUT2D eigenvalue weighted by atomic mass is 9.79. The fourth-order valence-electron chi connectivity index (χ4n) is 2.62. The van der Waals surface area contributed by atoms with Gasteiger partial charge in [0.05, 0.1) is 0 Å². The third-order valence-electron chi connectivity index (χ3n) is 3.73. The van der Waals surface area contributed by atoms with Crippen molar-refractivity contribution in [2.24, 2.45) is 0 Å². The molecule has 0 aromatic heterocycles. The van der Waals surface area contributed by atoms with Crippen LogP contribution in [0.25, 0.3) is 0 Å². The summed E-state index contributed by atoms with van der Waals surface area (Å²) in [6.45, 7) is 1.71.